The van der Waals surface area contributed by atoms with Gasteiger partial charge in [0.15, 0.2) is 0 Å². The van der Waals surface area contributed by atoms with Gasteiger partial charge < -0.3 is 24.6 Å². The standard InChI is InChI=1S/C30H39N5O4/c1-19-27-24(33-32-19)16-21(18-26(27)38-22-8-6-7-9-22)20-10-11-23(28(36)31-5)25(17-20)34-12-14-35(15-13-34)29(37)39-30(2,3)4/h10-11,16-18,22H,6-9,12-15H2,1-5H3,(H,31,36)(H,32,33). The molecular weight excluding hydrogens is 494 g/mol. The predicted molar refractivity (Wildman–Crippen MR) is 153 cm³/mol. The van der Waals surface area contributed by atoms with Gasteiger partial charge in [-0.1, -0.05) is 6.07 Å². The zero-order valence-electron chi connectivity index (χ0n) is 23.6. The number of anilines is 1. The molecule has 39 heavy (non-hydrogen) atoms. The molecule has 0 spiro atoms. The van der Waals surface area contributed by atoms with E-state index in [0.717, 1.165) is 52.0 Å². The number of piperazine rings is 1. The minimum absolute atomic E-state index is 0.144. The third-order valence-corrected chi connectivity index (χ3v) is 7.47. The fourth-order valence-corrected chi connectivity index (χ4v) is 5.47. The Morgan fingerprint density at radius 1 is 1.03 bits per heavy atom. The maximum atomic E-state index is 12.8. The molecule has 2 heterocycles. The summed E-state index contributed by atoms with van der Waals surface area (Å²) in [5.41, 5.74) is 4.72. The van der Waals surface area contributed by atoms with Gasteiger partial charge in [-0.3, -0.25) is 9.89 Å². The molecular formula is C30H39N5O4. The molecule has 1 aromatic heterocycles. The molecule has 1 aliphatic carbocycles. The minimum atomic E-state index is -0.538. The van der Waals surface area contributed by atoms with E-state index >= 15 is 0 Å². The topological polar surface area (TPSA) is 99.8 Å². The van der Waals surface area contributed by atoms with Crippen LogP contribution in [0.15, 0.2) is 30.3 Å². The number of amides is 2. The molecule has 1 aliphatic heterocycles. The van der Waals surface area contributed by atoms with E-state index in [1.807, 2.05) is 39.8 Å². The highest BCUT2D eigenvalue weighted by Gasteiger charge is 2.28. The lowest BCUT2D eigenvalue weighted by atomic mass is 9.99. The summed E-state index contributed by atoms with van der Waals surface area (Å²) >= 11 is 0. The van der Waals surface area contributed by atoms with Gasteiger partial charge in [0.1, 0.15) is 11.4 Å². The van der Waals surface area contributed by atoms with E-state index in [1.165, 1.54) is 12.8 Å². The molecule has 2 aliphatic rings. The van der Waals surface area contributed by atoms with Crippen LogP contribution in [0.3, 0.4) is 0 Å². The molecule has 3 aromatic rings. The summed E-state index contributed by atoms with van der Waals surface area (Å²) in [7, 11) is 1.64. The van der Waals surface area contributed by atoms with Crippen molar-refractivity contribution in [2.24, 2.45) is 0 Å². The Kier molecular flexibility index (Phi) is 7.42. The molecule has 0 radical (unpaired) electrons. The van der Waals surface area contributed by atoms with Gasteiger partial charge in [-0.05, 0) is 88.8 Å². The normalized spacial score (nSPS) is 16.5. The maximum absolute atomic E-state index is 12.8. The van der Waals surface area contributed by atoms with Crippen LogP contribution in [0.5, 0.6) is 5.75 Å². The van der Waals surface area contributed by atoms with Gasteiger partial charge in [0.05, 0.1) is 28.3 Å². The van der Waals surface area contributed by atoms with Gasteiger partial charge in [-0.25, -0.2) is 4.79 Å². The highest BCUT2D eigenvalue weighted by Crippen LogP contribution is 2.37. The molecule has 208 valence electrons. The van der Waals surface area contributed by atoms with Gasteiger partial charge in [0.2, 0.25) is 0 Å². The van der Waals surface area contributed by atoms with Crippen molar-refractivity contribution in [1.82, 2.24) is 20.4 Å². The van der Waals surface area contributed by atoms with E-state index in [-0.39, 0.29) is 18.1 Å². The number of hydrogen-bond acceptors (Lipinski definition) is 6. The van der Waals surface area contributed by atoms with Crippen molar-refractivity contribution in [2.45, 2.75) is 65.1 Å². The second-order valence-electron chi connectivity index (χ2n) is 11.5. The van der Waals surface area contributed by atoms with Gasteiger partial charge >= 0.3 is 6.09 Å². The average Bonchev–Trinajstić information content (AvgIpc) is 3.56. The number of aryl methyl sites for hydroxylation is 1. The molecule has 2 aromatic carbocycles. The van der Waals surface area contributed by atoms with Crippen LogP contribution in [0.2, 0.25) is 0 Å². The van der Waals surface area contributed by atoms with Gasteiger partial charge in [-0.2, -0.15) is 5.10 Å². The number of carbonyl (C=O) groups is 2. The van der Waals surface area contributed by atoms with Crippen molar-refractivity contribution < 1.29 is 19.1 Å². The Morgan fingerprint density at radius 2 is 1.74 bits per heavy atom. The summed E-state index contributed by atoms with van der Waals surface area (Å²) in [6.45, 7) is 9.86. The molecule has 2 N–H and O–H groups in total. The van der Waals surface area contributed by atoms with E-state index in [9.17, 15) is 9.59 Å². The van der Waals surface area contributed by atoms with Crippen molar-refractivity contribution in [2.75, 3.05) is 38.1 Å². The highest BCUT2D eigenvalue weighted by molar-refractivity contribution is 6.01. The molecule has 2 amide bonds. The Hall–Kier alpha value is -3.75. The third kappa shape index (κ3) is 5.82. The number of H-pyrrole nitrogens is 1. The number of fused-ring (bicyclic) bond motifs is 1. The predicted octanol–water partition coefficient (Wildman–Crippen LogP) is 5.28. The summed E-state index contributed by atoms with van der Waals surface area (Å²) in [4.78, 5) is 29.3. The van der Waals surface area contributed by atoms with Crippen LogP contribution in [0.1, 0.15) is 62.5 Å². The van der Waals surface area contributed by atoms with Crippen LogP contribution < -0.4 is 15.0 Å². The molecule has 9 heteroatoms. The summed E-state index contributed by atoms with van der Waals surface area (Å²) in [6.07, 6.45) is 4.46. The Bertz CT molecular complexity index is 1360. The van der Waals surface area contributed by atoms with E-state index in [0.29, 0.717) is 31.7 Å². The number of nitrogens with zero attached hydrogens (tertiary/aromatic N) is 3. The molecule has 5 rings (SSSR count). The maximum Gasteiger partial charge on any atom is 0.410 e. The van der Waals surface area contributed by atoms with Crippen LogP contribution in [0, 0.1) is 6.92 Å². The van der Waals surface area contributed by atoms with E-state index in [1.54, 1.807) is 11.9 Å². The van der Waals surface area contributed by atoms with E-state index in [4.69, 9.17) is 9.47 Å². The summed E-state index contributed by atoms with van der Waals surface area (Å²) in [5, 5.41) is 11.4. The van der Waals surface area contributed by atoms with Gasteiger partial charge in [-0.15, -0.1) is 0 Å². The first-order valence-electron chi connectivity index (χ1n) is 13.9. The summed E-state index contributed by atoms with van der Waals surface area (Å²) in [5.74, 6) is 0.707. The fourth-order valence-electron chi connectivity index (χ4n) is 5.47. The average molecular weight is 534 g/mol. The number of hydrogen-bond donors (Lipinski definition) is 2. The van der Waals surface area contributed by atoms with Crippen molar-refractivity contribution >= 4 is 28.6 Å². The van der Waals surface area contributed by atoms with Crippen LogP contribution in [-0.4, -0.2) is 72.0 Å². The van der Waals surface area contributed by atoms with Crippen LogP contribution in [0.4, 0.5) is 10.5 Å². The van der Waals surface area contributed by atoms with Crippen molar-refractivity contribution in [3.05, 3.63) is 41.6 Å². The highest BCUT2D eigenvalue weighted by atomic mass is 16.6. The molecule has 0 unspecified atom stereocenters. The number of aromatic nitrogens is 2. The molecule has 1 saturated heterocycles. The smallest absolute Gasteiger partial charge is 0.410 e. The Morgan fingerprint density at radius 3 is 2.41 bits per heavy atom. The van der Waals surface area contributed by atoms with Crippen LogP contribution in [0.25, 0.3) is 22.0 Å². The van der Waals surface area contributed by atoms with Crippen LogP contribution in [-0.2, 0) is 4.74 Å². The fraction of sp³-hybridized carbons (Fsp3) is 0.500. The first-order chi connectivity index (χ1) is 18.6. The zero-order valence-corrected chi connectivity index (χ0v) is 23.6. The lowest BCUT2D eigenvalue weighted by Crippen LogP contribution is -2.50. The zero-order chi connectivity index (χ0) is 27.7. The number of aromatic amines is 1. The van der Waals surface area contributed by atoms with Gasteiger partial charge in [0.25, 0.3) is 5.91 Å². The lowest BCUT2D eigenvalue weighted by Gasteiger charge is -2.37. The number of benzene rings is 2. The molecule has 1 saturated carbocycles. The van der Waals surface area contributed by atoms with Crippen molar-refractivity contribution in [3.63, 3.8) is 0 Å². The number of carbonyl (C=O) groups excluding carboxylic acids is 2. The summed E-state index contributed by atoms with van der Waals surface area (Å²) in [6, 6.07) is 10.1. The quantitative estimate of drug-likeness (QED) is 0.463. The first-order valence-corrected chi connectivity index (χ1v) is 13.9. The third-order valence-electron chi connectivity index (χ3n) is 7.47. The van der Waals surface area contributed by atoms with E-state index < -0.39 is 5.60 Å². The second kappa shape index (κ2) is 10.8. The minimum Gasteiger partial charge on any atom is -0.490 e. The monoisotopic (exact) mass is 533 g/mol. The number of ether oxygens (including phenoxy) is 2. The number of nitrogens with one attached hydrogen (secondary N) is 2. The SMILES string of the molecule is CNC(=O)c1ccc(-c2cc(OC3CCCC3)c3c(C)[nH]nc3c2)cc1N1CCN(C(=O)OC(C)(C)C)CC1. The molecule has 2 fully saturated rings. The van der Waals surface area contributed by atoms with Crippen molar-refractivity contribution in [3.8, 4) is 16.9 Å². The van der Waals surface area contributed by atoms with E-state index in [2.05, 4.69) is 38.6 Å². The van der Waals surface area contributed by atoms with Crippen LogP contribution >= 0.6 is 0 Å². The molecule has 0 atom stereocenters. The largest absolute Gasteiger partial charge is 0.490 e. The Labute approximate surface area is 229 Å². The second-order valence-corrected chi connectivity index (χ2v) is 11.5. The van der Waals surface area contributed by atoms with Gasteiger partial charge in [0, 0.05) is 38.9 Å². The molecule has 9 nitrogen and oxygen atoms in total. The molecule has 0 bridgehead atoms. The lowest BCUT2D eigenvalue weighted by molar-refractivity contribution is 0.0240. The Balaban J connectivity index is 1.46. The summed E-state index contributed by atoms with van der Waals surface area (Å²) < 4.78 is 12.1. The first kappa shape index (κ1) is 26.8. The van der Waals surface area contributed by atoms with Crippen molar-refractivity contribution in [1.29, 1.82) is 0 Å². The number of rotatable bonds is 5.